The second-order valence-electron chi connectivity index (χ2n) is 5.58. The van der Waals surface area contributed by atoms with E-state index < -0.39 is 0 Å². The SMILES string of the molecule is O=c1cccc(NC=[N+](Cc2ccccc2)Cc2ccccc2)[nH]1. The van der Waals surface area contributed by atoms with Crippen LogP contribution >= 0.6 is 0 Å². The standard InChI is InChI=1S/C20H19N3O/c24-20-13-7-12-19(22-20)21-16-23(14-17-8-3-1-4-9-17)15-18-10-5-2-6-11-18/h1-13,16H,14-15H2,(H,22,24)/p+1. The lowest BCUT2D eigenvalue weighted by atomic mass is 10.2. The molecule has 1 aromatic heterocycles. The van der Waals surface area contributed by atoms with E-state index in [1.807, 2.05) is 48.8 Å². The molecule has 3 rings (SSSR count). The van der Waals surface area contributed by atoms with Crippen molar-refractivity contribution in [1.29, 1.82) is 0 Å². The largest absolute Gasteiger partial charge is 0.289 e. The molecule has 0 spiro atoms. The summed E-state index contributed by atoms with van der Waals surface area (Å²) in [7, 11) is 0. The first-order valence-corrected chi connectivity index (χ1v) is 7.91. The predicted molar refractivity (Wildman–Crippen MR) is 97.3 cm³/mol. The minimum Gasteiger partial charge on any atom is -0.289 e. The minimum absolute atomic E-state index is 0.119. The van der Waals surface area contributed by atoms with Gasteiger partial charge >= 0.3 is 0 Å². The normalized spacial score (nSPS) is 10.2. The van der Waals surface area contributed by atoms with Crippen molar-refractivity contribution in [2.24, 2.45) is 0 Å². The Kier molecular flexibility index (Phi) is 5.20. The number of nitrogens with one attached hydrogen (secondary N) is 2. The highest BCUT2D eigenvalue weighted by atomic mass is 16.1. The molecule has 0 amide bonds. The Hall–Kier alpha value is -3.14. The number of rotatable bonds is 6. The Morgan fingerprint density at radius 3 is 1.92 bits per heavy atom. The predicted octanol–water partition coefficient (Wildman–Crippen LogP) is 3.23. The van der Waals surface area contributed by atoms with Crippen LogP contribution in [0.3, 0.4) is 0 Å². The zero-order valence-electron chi connectivity index (χ0n) is 13.4. The second-order valence-corrected chi connectivity index (χ2v) is 5.58. The van der Waals surface area contributed by atoms with Crippen LogP contribution in [0.4, 0.5) is 5.82 Å². The molecule has 0 unspecified atom stereocenters. The number of hydrogen-bond acceptors (Lipinski definition) is 1. The molecule has 0 saturated carbocycles. The van der Waals surface area contributed by atoms with Gasteiger partial charge in [-0.3, -0.25) is 14.4 Å². The van der Waals surface area contributed by atoms with Crippen molar-refractivity contribution in [1.82, 2.24) is 4.98 Å². The minimum atomic E-state index is -0.119. The van der Waals surface area contributed by atoms with E-state index in [9.17, 15) is 4.79 Å². The summed E-state index contributed by atoms with van der Waals surface area (Å²) in [5.41, 5.74) is 2.34. The maximum absolute atomic E-state index is 11.4. The zero-order valence-corrected chi connectivity index (χ0v) is 13.4. The number of aromatic nitrogens is 1. The maximum Gasteiger partial charge on any atom is 0.251 e. The molecule has 0 fully saturated rings. The summed E-state index contributed by atoms with van der Waals surface area (Å²) in [6.45, 7) is 1.56. The van der Waals surface area contributed by atoms with E-state index in [0.717, 1.165) is 13.1 Å². The van der Waals surface area contributed by atoms with Gasteiger partial charge in [-0.2, -0.15) is 0 Å². The number of hydrogen-bond donors (Lipinski definition) is 2. The van der Waals surface area contributed by atoms with Crippen LogP contribution in [0.25, 0.3) is 0 Å². The highest BCUT2D eigenvalue weighted by Gasteiger charge is 2.05. The molecule has 0 aliphatic carbocycles. The number of nitrogens with zero attached hydrogens (tertiary/aromatic N) is 1. The monoisotopic (exact) mass is 318 g/mol. The fourth-order valence-corrected chi connectivity index (χ4v) is 2.48. The van der Waals surface area contributed by atoms with Crippen molar-refractivity contribution in [3.8, 4) is 0 Å². The van der Waals surface area contributed by atoms with E-state index in [4.69, 9.17) is 0 Å². The summed E-state index contributed by atoms with van der Waals surface area (Å²) < 4.78 is 2.18. The van der Waals surface area contributed by atoms with Gasteiger partial charge in [-0.1, -0.05) is 66.7 Å². The molecule has 0 radical (unpaired) electrons. The fourth-order valence-electron chi connectivity index (χ4n) is 2.48. The molecule has 2 N–H and O–H groups in total. The smallest absolute Gasteiger partial charge is 0.251 e. The quantitative estimate of drug-likeness (QED) is 0.416. The molecule has 24 heavy (non-hydrogen) atoms. The van der Waals surface area contributed by atoms with Crippen molar-refractivity contribution >= 4 is 12.2 Å². The van der Waals surface area contributed by atoms with E-state index in [-0.39, 0.29) is 5.56 Å². The molecule has 0 saturated heterocycles. The second kappa shape index (κ2) is 7.92. The summed E-state index contributed by atoms with van der Waals surface area (Å²) in [6, 6.07) is 25.7. The van der Waals surface area contributed by atoms with Crippen LogP contribution < -0.4 is 10.9 Å². The van der Waals surface area contributed by atoms with E-state index in [1.54, 1.807) is 6.07 Å². The third kappa shape index (κ3) is 4.68. The topological polar surface area (TPSA) is 47.9 Å². The van der Waals surface area contributed by atoms with E-state index in [0.29, 0.717) is 5.82 Å². The highest BCUT2D eigenvalue weighted by molar-refractivity contribution is 5.69. The van der Waals surface area contributed by atoms with Crippen molar-refractivity contribution in [3.63, 3.8) is 0 Å². The van der Waals surface area contributed by atoms with Crippen LogP contribution in [-0.2, 0) is 13.1 Å². The first kappa shape index (κ1) is 15.7. The van der Waals surface area contributed by atoms with Gasteiger partial charge in [-0.25, -0.2) is 5.32 Å². The molecular weight excluding hydrogens is 298 g/mol. The lowest BCUT2D eigenvalue weighted by Gasteiger charge is -2.08. The molecule has 0 bridgehead atoms. The molecule has 1 heterocycles. The van der Waals surface area contributed by atoms with Crippen LogP contribution in [0, 0.1) is 0 Å². The molecular formula is C20H20N3O+. The van der Waals surface area contributed by atoms with Crippen molar-refractivity contribution in [2.75, 3.05) is 5.32 Å². The summed E-state index contributed by atoms with van der Waals surface area (Å²) in [5.74, 6) is 0.675. The third-order valence-electron chi connectivity index (χ3n) is 3.63. The lowest BCUT2D eigenvalue weighted by molar-refractivity contribution is -0.555. The van der Waals surface area contributed by atoms with Crippen molar-refractivity contribution < 1.29 is 4.58 Å². The highest BCUT2D eigenvalue weighted by Crippen LogP contribution is 2.06. The summed E-state index contributed by atoms with van der Waals surface area (Å²) in [4.78, 5) is 14.2. The lowest BCUT2D eigenvalue weighted by Crippen LogP contribution is -2.18. The molecule has 0 aliphatic heterocycles. The van der Waals surface area contributed by atoms with Gasteiger partial charge in [0.15, 0.2) is 5.82 Å². The first-order valence-electron chi connectivity index (χ1n) is 7.91. The molecule has 120 valence electrons. The van der Waals surface area contributed by atoms with Crippen LogP contribution in [-0.4, -0.2) is 15.9 Å². The first-order chi connectivity index (χ1) is 11.8. The molecule has 3 aromatic rings. The number of aromatic amines is 1. The molecule has 0 aliphatic rings. The van der Waals surface area contributed by atoms with Gasteiger partial charge in [0.25, 0.3) is 5.56 Å². The van der Waals surface area contributed by atoms with Crippen molar-refractivity contribution in [2.45, 2.75) is 13.1 Å². The number of benzene rings is 2. The van der Waals surface area contributed by atoms with Crippen LogP contribution in [0.5, 0.6) is 0 Å². The van der Waals surface area contributed by atoms with Gasteiger partial charge in [-0.05, 0) is 11.1 Å². The average Bonchev–Trinajstić information content (AvgIpc) is 2.62. The Bertz CT molecular complexity index is 811. The average molecular weight is 318 g/mol. The molecule has 0 atom stereocenters. The van der Waals surface area contributed by atoms with Gasteiger partial charge in [0.05, 0.1) is 0 Å². The fraction of sp³-hybridized carbons (Fsp3) is 0.100. The Labute approximate surface area is 141 Å². The Morgan fingerprint density at radius 2 is 1.38 bits per heavy atom. The number of anilines is 1. The third-order valence-corrected chi connectivity index (χ3v) is 3.63. The van der Waals surface area contributed by atoms with Gasteiger partial charge in [0.1, 0.15) is 13.1 Å². The van der Waals surface area contributed by atoms with Gasteiger partial charge in [-0.15, -0.1) is 0 Å². The van der Waals surface area contributed by atoms with Crippen LogP contribution in [0.1, 0.15) is 11.1 Å². The molecule has 4 heteroatoms. The summed E-state index contributed by atoms with van der Waals surface area (Å²) in [5, 5.41) is 3.17. The van der Waals surface area contributed by atoms with Gasteiger partial charge < -0.3 is 0 Å². The zero-order chi connectivity index (χ0) is 16.6. The Morgan fingerprint density at radius 1 is 0.792 bits per heavy atom. The summed E-state index contributed by atoms with van der Waals surface area (Å²) in [6.07, 6.45) is 1.91. The number of H-pyrrole nitrogens is 1. The Balaban J connectivity index is 1.80. The molecule has 4 nitrogen and oxygen atoms in total. The van der Waals surface area contributed by atoms with Crippen molar-refractivity contribution in [3.05, 3.63) is 100 Å². The van der Waals surface area contributed by atoms with Gasteiger partial charge in [0.2, 0.25) is 6.34 Å². The van der Waals surface area contributed by atoms with E-state index >= 15 is 0 Å². The van der Waals surface area contributed by atoms with Gasteiger partial charge in [0, 0.05) is 12.1 Å². The molecule has 2 aromatic carbocycles. The van der Waals surface area contributed by atoms with Crippen LogP contribution in [0.2, 0.25) is 0 Å². The van der Waals surface area contributed by atoms with Crippen LogP contribution in [0.15, 0.2) is 83.7 Å². The maximum atomic E-state index is 11.4. The summed E-state index contributed by atoms with van der Waals surface area (Å²) >= 11 is 0. The van der Waals surface area contributed by atoms with E-state index in [2.05, 4.69) is 39.1 Å². The number of pyridine rings is 1. The van der Waals surface area contributed by atoms with E-state index in [1.165, 1.54) is 17.2 Å².